The van der Waals surface area contributed by atoms with E-state index in [4.69, 9.17) is 4.74 Å². The summed E-state index contributed by atoms with van der Waals surface area (Å²) < 4.78 is 49.7. The second-order valence-electron chi connectivity index (χ2n) is 10.4. The molecule has 0 unspecified atom stereocenters. The predicted octanol–water partition coefficient (Wildman–Crippen LogP) is 4.66. The third kappa shape index (κ3) is 5.29. The molecular formula is C26H31F3N8O2S. The van der Waals surface area contributed by atoms with Gasteiger partial charge >= 0.3 is 6.18 Å². The SMILES string of the molecule is COc1cc(-c2[nH]nc(-c3nc(C(F)(F)F)c(C4CCN(CC(=O)N(C)C)CC4)s3)c2C(C)C)cn2ncnc12. The molecule has 1 aliphatic heterocycles. The van der Waals surface area contributed by atoms with Gasteiger partial charge in [0.1, 0.15) is 17.0 Å². The summed E-state index contributed by atoms with van der Waals surface area (Å²) in [7, 11) is 4.92. The van der Waals surface area contributed by atoms with Gasteiger partial charge in [0.25, 0.3) is 0 Å². The number of nitrogens with one attached hydrogen (secondary N) is 1. The van der Waals surface area contributed by atoms with Crippen LogP contribution in [0.25, 0.3) is 27.6 Å². The largest absolute Gasteiger partial charge is 0.493 e. The number of carbonyl (C=O) groups excluding carboxylic acids is 1. The van der Waals surface area contributed by atoms with Crippen LogP contribution in [-0.4, -0.2) is 86.3 Å². The highest BCUT2D eigenvalue weighted by Crippen LogP contribution is 2.46. The summed E-state index contributed by atoms with van der Waals surface area (Å²) >= 11 is 1.06. The van der Waals surface area contributed by atoms with Crippen LogP contribution >= 0.6 is 11.3 Å². The van der Waals surface area contributed by atoms with Crippen molar-refractivity contribution in [3.8, 4) is 27.7 Å². The number of hydrogen-bond acceptors (Lipinski definition) is 8. The van der Waals surface area contributed by atoms with Gasteiger partial charge in [-0.3, -0.25) is 14.8 Å². The lowest BCUT2D eigenvalue weighted by atomic mass is 9.94. The van der Waals surface area contributed by atoms with Crippen LogP contribution in [0.2, 0.25) is 0 Å². The Morgan fingerprint density at radius 2 is 2.00 bits per heavy atom. The van der Waals surface area contributed by atoms with Gasteiger partial charge in [-0.15, -0.1) is 11.3 Å². The lowest BCUT2D eigenvalue weighted by Gasteiger charge is -2.32. The van der Waals surface area contributed by atoms with Crippen molar-refractivity contribution in [3.05, 3.63) is 34.7 Å². The molecule has 40 heavy (non-hydrogen) atoms. The summed E-state index contributed by atoms with van der Waals surface area (Å²) in [6.07, 6.45) is -0.357. The molecule has 0 aliphatic carbocycles. The van der Waals surface area contributed by atoms with Crippen molar-refractivity contribution in [1.82, 2.24) is 39.6 Å². The quantitative estimate of drug-likeness (QED) is 0.341. The van der Waals surface area contributed by atoms with Gasteiger partial charge in [-0.2, -0.15) is 23.4 Å². The van der Waals surface area contributed by atoms with E-state index in [1.165, 1.54) is 18.3 Å². The Hall–Kier alpha value is -3.52. The van der Waals surface area contributed by atoms with E-state index in [2.05, 4.69) is 25.3 Å². The van der Waals surface area contributed by atoms with Crippen LogP contribution in [0.3, 0.4) is 0 Å². The minimum atomic E-state index is -4.59. The molecule has 5 heterocycles. The lowest BCUT2D eigenvalue weighted by molar-refractivity contribution is -0.141. The number of alkyl halides is 3. The minimum absolute atomic E-state index is 0.0225. The topological polar surface area (TPSA) is 105 Å². The highest BCUT2D eigenvalue weighted by molar-refractivity contribution is 7.15. The van der Waals surface area contributed by atoms with Gasteiger partial charge in [-0.05, 0) is 43.8 Å². The third-order valence-electron chi connectivity index (χ3n) is 7.17. The molecule has 1 aliphatic rings. The number of amides is 1. The van der Waals surface area contributed by atoms with Crippen LogP contribution in [-0.2, 0) is 11.0 Å². The zero-order chi connectivity index (χ0) is 28.8. The first-order valence-corrected chi connectivity index (χ1v) is 13.8. The van der Waals surface area contributed by atoms with Gasteiger partial charge in [0, 0.05) is 36.3 Å². The molecule has 5 rings (SSSR count). The Labute approximate surface area is 233 Å². The molecule has 214 valence electrons. The van der Waals surface area contributed by atoms with E-state index in [0.29, 0.717) is 54.3 Å². The molecule has 4 aromatic heterocycles. The summed E-state index contributed by atoms with van der Waals surface area (Å²) in [5.41, 5.74) is 2.23. The summed E-state index contributed by atoms with van der Waals surface area (Å²) in [6.45, 7) is 5.29. The second kappa shape index (κ2) is 10.8. The van der Waals surface area contributed by atoms with Gasteiger partial charge in [-0.1, -0.05) is 13.8 Å². The number of carbonyl (C=O) groups is 1. The number of pyridine rings is 1. The van der Waals surface area contributed by atoms with Crippen molar-refractivity contribution in [1.29, 1.82) is 0 Å². The molecule has 1 N–H and O–H groups in total. The fraction of sp³-hybridized carbons (Fsp3) is 0.500. The molecule has 1 fully saturated rings. The van der Waals surface area contributed by atoms with Crippen LogP contribution in [0.1, 0.15) is 54.7 Å². The van der Waals surface area contributed by atoms with E-state index < -0.39 is 11.9 Å². The number of ether oxygens (including phenoxy) is 1. The van der Waals surface area contributed by atoms with Gasteiger partial charge in [0.2, 0.25) is 5.91 Å². The number of aromatic nitrogens is 6. The van der Waals surface area contributed by atoms with Crippen LogP contribution in [0.5, 0.6) is 5.75 Å². The smallest absolute Gasteiger partial charge is 0.434 e. The molecule has 0 atom stereocenters. The van der Waals surface area contributed by atoms with Crippen molar-refractivity contribution >= 4 is 22.9 Å². The second-order valence-corrected chi connectivity index (χ2v) is 11.4. The van der Waals surface area contributed by atoms with Crippen LogP contribution in [0, 0.1) is 0 Å². The fourth-order valence-electron chi connectivity index (χ4n) is 5.08. The van der Waals surface area contributed by atoms with Crippen molar-refractivity contribution in [2.75, 3.05) is 40.8 Å². The van der Waals surface area contributed by atoms with Crippen LogP contribution in [0.15, 0.2) is 18.6 Å². The average molecular weight is 577 g/mol. The van der Waals surface area contributed by atoms with Crippen molar-refractivity contribution < 1.29 is 22.7 Å². The zero-order valence-corrected chi connectivity index (χ0v) is 23.7. The summed E-state index contributed by atoms with van der Waals surface area (Å²) in [5, 5.41) is 11.9. The first kappa shape index (κ1) is 28.0. The number of aromatic amines is 1. The molecule has 1 amide bonds. The molecule has 1 saturated heterocycles. The standard InChI is InChI=1S/C26H31F3N8O2S/c1-14(2)19-20(16-10-17(39-5)24-30-13-31-37(24)11-16)33-34-21(19)25-32-23(26(27,28)29)22(40-25)15-6-8-36(9-7-15)12-18(38)35(3)4/h10-11,13-15H,6-9,12H2,1-5H3,(H,33,34). The van der Waals surface area contributed by atoms with E-state index in [1.807, 2.05) is 18.7 Å². The molecule has 0 saturated carbocycles. The number of fused-ring (bicyclic) bond motifs is 1. The highest BCUT2D eigenvalue weighted by Gasteiger charge is 2.41. The number of piperidine rings is 1. The van der Waals surface area contributed by atoms with Gasteiger partial charge < -0.3 is 9.64 Å². The van der Waals surface area contributed by atoms with Crippen molar-refractivity contribution in [2.45, 2.75) is 44.7 Å². The molecule has 0 spiro atoms. The van der Waals surface area contributed by atoms with Crippen LogP contribution < -0.4 is 4.74 Å². The monoisotopic (exact) mass is 576 g/mol. The summed E-state index contributed by atoms with van der Waals surface area (Å²) in [5.74, 6) is 0.120. The predicted molar refractivity (Wildman–Crippen MR) is 144 cm³/mol. The number of thiazole rings is 1. The Bertz CT molecular complexity index is 1520. The first-order chi connectivity index (χ1) is 19.0. The normalized spacial score (nSPS) is 15.3. The number of hydrogen-bond donors (Lipinski definition) is 1. The molecule has 4 aromatic rings. The minimum Gasteiger partial charge on any atom is -0.493 e. The number of methoxy groups -OCH3 is 1. The number of likely N-dealkylation sites (N-methyl/N-ethyl adjacent to an activating group) is 1. The van der Waals surface area contributed by atoms with E-state index >= 15 is 0 Å². The summed E-state index contributed by atoms with van der Waals surface area (Å²) in [4.78, 5) is 24.2. The van der Waals surface area contributed by atoms with Gasteiger partial charge in [-0.25, -0.2) is 14.5 Å². The summed E-state index contributed by atoms with van der Waals surface area (Å²) in [6, 6.07) is 1.80. The fourth-order valence-corrected chi connectivity index (χ4v) is 6.34. The van der Waals surface area contributed by atoms with E-state index in [9.17, 15) is 18.0 Å². The molecular weight excluding hydrogens is 545 g/mol. The van der Waals surface area contributed by atoms with Crippen molar-refractivity contribution in [2.24, 2.45) is 0 Å². The number of likely N-dealkylation sites (tertiary alicyclic amines) is 1. The maximum Gasteiger partial charge on any atom is 0.434 e. The maximum atomic E-state index is 14.2. The number of nitrogens with zero attached hydrogens (tertiary/aromatic N) is 7. The van der Waals surface area contributed by atoms with Gasteiger partial charge in [0.15, 0.2) is 17.1 Å². The third-order valence-corrected chi connectivity index (χ3v) is 8.40. The average Bonchev–Trinajstić information content (AvgIpc) is 3.65. The Morgan fingerprint density at radius 3 is 2.62 bits per heavy atom. The first-order valence-electron chi connectivity index (χ1n) is 12.9. The Kier molecular flexibility index (Phi) is 7.57. The Balaban J connectivity index is 1.50. The van der Waals surface area contributed by atoms with E-state index in [-0.39, 0.29) is 34.2 Å². The maximum absolute atomic E-state index is 14.2. The number of halogens is 3. The molecule has 0 radical (unpaired) electrons. The lowest BCUT2D eigenvalue weighted by Crippen LogP contribution is -2.40. The van der Waals surface area contributed by atoms with E-state index in [0.717, 1.165) is 16.9 Å². The molecule has 14 heteroatoms. The number of rotatable bonds is 7. The number of H-pyrrole nitrogens is 1. The highest BCUT2D eigenvalue weighted by atomic mass is 32.1. The van der Waals surface area contributed by atoms with Crippen LogP contribution in [0.4, 0.5) is 13.2 Å². The molecule has 10 nitrogen and oxygen atoms in total. The van der Waals surface area contributed by atoms with E-state index in [1.54, 1.807) is 30.9 Å². The zero-order valence-electron chi connectivity index (χ0n) is 22.9. The van der Waals surface area contributed by atoms with Gasteiger partial charge in [0.05, 0.1) is 19.3 Å². The Morgan fingerprint density at radius 1 is 1.27 bits per heavy atom. The van der Waals surface area contributed by atoms with Crippen molar-refractivity contribution in [3.63, 3.8) is 0 Å². The molecule has 0 bridgehead atoms. The molecule has 0 aromatic carbocycles.